The quantitative estimate of drug-likeness (QED) is 0.771. The Labute approximate surface area is 114 Å². The van der Waals surface area contributed by atoms with E-state index in [9.17, 15) is 4.79 Å². The lowest BCUT2D eigenvalue weighted by Gasteiger charge is -2.11. The zero-order valence-electron chi connectivity index (χ0n) is 8.06. The van der Waals surface area contributed by atoms with Crippen molar-refractivity contribution in [1.82, 2.24) is 5.32 Å². The molecule has 15 heavy (non-hydrogen) atoms. The van der Waals surface area contributed by atoms with Crippen LogP contribution >= 0.6 is 47.8 Å². The summed E-state index contributed by atoms with van der Waals surface area (Å²) in [4.78, 5) is 11.8. The number of alkyl halides is 1. The van der Waals surface area contributed by atoms with Crippen LogP contribution in [0.3, 0.4) is 0 Å². The van der Waals surface area contributed by atoms with Crippen LogP contribution in [-0.2, 0) is 0 Å². The van der Waals surface area contributed by atoms with Crippen molar-refractivity contribution < 1.29 is 4.79 Å². The van der Waals surface area contributed by atoms with Crippen LogP contribution in [0, 0.1) is 0 Å². The number of carbonyl (C=O) groups is 1. The van der Waals surface area contributed by atoms with Crippen LogP contribution in [0.4, 0.5) is 0 Å². The Kier molecular flexibility index (Phi) is 5.29. The summed E-state index contributed by atoms with van der Waals surface area (Å²) >= 11 is 10.0. The van der Waals surface area contributed by atoms with Crippen LogP contribution in [0.1, 0.15) is 17.3 Å². The van der Waals surface area contributed by atoms with Crippen molar-refractivity contribution in [2.45, 2.75) is 13.0 Å². The molecular weight excluding hydrogens is 390 g/mol. The first-order valence-electron chi connectivity index (χ1n) is 4.36. The van der Waals surface area contributed by atoms with Crippen LogP contribution in [0.25, 0.3) is 0 Å². The Morgan fingerprint density at radius 3 is 2.67 bits per heavy atom. The highest BCUT2D eigenvalue weighted by molar-refractivity contribution is 9.11. The molecule has 0 radical (unpaired) electrons. The number of benzene rings is 1. The summed E-state index contributed by atoms with van der Waals surface area (Å²) in [6.07, 6.45) is 0. The number of nitrogens with one attached hydrogen (secondary N) is 1. The molecule has 0 heterocycles. The van der Waals surface area contributed by atoms with Gasteiger partial charge in [0.1, 0.15) is 0 Å². The van der Waals surface area contributed by atoms with Gasteiger partial charge in [-0.1, -0.05) is 31.9 Å². The monoisotopic (exact) mass is 397 g/mol. The largest absolute Gasteiger partial charge is 0.349 e. The maximum absolute atomic E-state index is 11.8. The summed E-state index contributed by atoms with van der Waals surface area (Å²) in [5.74, 6) is -0.0682. The predicted molar refractivity (Wildman–Crippen MR) is 72.6 cm³/mol. The van der Waals surface area contributed by atoms with Crippen molar-refractivity contribution in [1.29, 1.82) is 0 Å². The van der Waals surface area contributed by atoms with Crippen molar-refractivity contribution in [3.8, 4) is 0 Å². The number of halogens is 3. The molecule has 1 N–H and O–H groups in total. The molecule has 0 aromatic heterocycles. The zero-order valence-corrected chi connectivity index (χ0v) is 12.8. The molecule has 1 aromatic rings. The average molecular weight is 400 g/mol. The fourth-order valence-corrected chi connectivity index (χ4v) is 2.40. The van der Waals surface area contributed by atoms with Gasteiger partial charge in [-0.25, -0.2) is 0 Å². The number of hydrogen-bond acceptors (Lipinski definition) is 1. The van der Waals surface area contributed by atoms with Gasteiger partial charge in [0.05, 0.1) is 5.56 Å². The van der Waals surface area contributed by atoms with Crippen molar-refractivity contribution in [3.05, 3.63) is 32.7 Å². The van der Waals surface area contributed by atoms with Crippen LogP contribution < -0.4 is 5.32 Å². The predicted octanol–water partition coefficient (Wildman–Crippen LogP) is 3.72. The second-order valence-electron chi connectivity index (χ2n) is 3.15. The van der Waals surface area contributed by atoms with Crippen LogP contribution in [-0.4, -0.2) is 17.3 Å². The molecule has 1 atom stereocenters. The van der Waals surface area contributed by atoms with Crippen LogP contribution in [0.15, 0.2) is 27.1 Å². The molecule has 82 valence electrons. The molecular formula is C10H10Br3NO. The molecule has 0 aliphatic rings. The van der Waals surface area contributed by atoms with Gasteiger partial charge in [0, 0.05) is 20.3 Å². The van der Waals surface area contributed by atoms with Gasteiger partial charge >= 0.3 is 0 Å². The first kappa shape index (κ1) is 13.2. The molecule has 2 nitrogen and oxygen atoms in total. The Morgan fingerprint density at radius 2 is 2.13 bits per heavy atom. The molecule has 1 amide bonds. The minimum atomic E-state index is -0.0682. The van der Waals surface area contributed by atoms with Gasteiger partial charge in [0.25, 0.3) is 5.91 Å². The van der Waals surface area contributed by atoms with Gasteiger partial charge in [-0.05, 0) is 41.1 Å². The van der Waals surface area contributed by atoms with Crippen molar-refractivity contribution >= 4 is 53.7 Å². The molecule has 1 rings (SSSR count). The highest BCUT2D eigenvalue weighted by Crippen LogP contribution is 2.21. The highest BCUT2D eigenvalue weighted by atomic mass is 79.9. The average Bonchev–Trinajstić information content (AvgIpc) is 2.17. The molecule has 0 bridgehead atoms. The van der Waals surface area contributed by atoms with Crippen molar-refractivity contribution in [2.75, 3.05) is 5.33 Å². The Hall–Kier alpha value is 0.130. The topological polar surface area (TPSA) is 29.1 Å². The maximum atomic E-state index is 11.8. The first-order chi connectivity index (χ1) is 7.04. The van der Waals surface area contributed by atoms with E-state index in [1.54, 1.807) is 6.07 Å². The molecule has 0 aliphatic heterocycles. The van der Waals surface area contributed by atoms with Gasteiger partial charge in [-0.2, -0.15) is 0 Å². The Balaban J connectivity index is 2.82. The van der Waals surface area contributed by atoms with E-state index in [1.807, 2.05) is 19.1 Å². The SMILES string of the molecule is CC(CBr)NC(=O)c1ccc(Br)cc1Br. The second kappa shape index (κ2) is 6.01. The van der Waals surface area contributed by atoms with E-state index >= 15 is 0 Å². The Bertz CT molecular complexity index is 368. The van der Waals surface area contributed by atoms with E-state index in [0.29, 0.717) is 5.56 Å². The van der Waals surface area contributed by atoms with Gasteiger partial charge in [-0.3, -0.25) is 4.79 Å². The summed E-state index contributed by atoms with van der Waals surface area (Å²) in [5.41, 5.74) is 0.644. The molecule has 1 unspecified atom stereocenters. The van der Waals surface area contributed by atoms with E-state index in [-0.39, 0.29) is 11.9 Å². The second-order valence-corrected chi connectivity index (χ2v) is 5.57. The lowest BCUT2D eigenvalue weighted by atomic mass is 10.2. The Morgan fingerprint density at radius 1 is 1.47 bits per heavy atom. The van der Waals surface area contributed by atoms with Crippen molar-refractivity contribution in [3.63, 3.8) is 0 Å². The third-order valence-electron chi connectivity index (χ3n) is 1.78. The molecule has 0 saturated heterocycles. The van der Waals surface area contributed by atoms with Gasteiger partial charge in [0.15, 0.2) is 0 Å². The fourth-order valence-electron chi connectivity index (χ4n) is 1.01. The molecule has 1 aromatic carbocycles. The standard InChI is InChI=1S/C10H10Br3NO/c1-6(5-11)14-10(15)8-3-2-7(12)4-9(8)13/h2-4,6H,5H2,1H3,(H,14,15). The van der Waals surface area contributed by atoms with E-state index < -0.39 is 0 Å². The summed E-state index contributed by atoms with van der Waals surface area (Å²) in [7, 11) is 0. The molecule has 0 fully saturated rings. The number of carbonyl (C=O) groups excluding carboxylic acids is 1. The minimum Gasteiger partial charge on any atom is -0.349 e. The maximum Gasteiger partial charge on any atom is 0.252 e. The van der Waals surface area contributed by atoms with Crippen LogP contribution in [0.2, 0.25) is 0 Å². The lowest BCUT2D eigenvalue weighted by Crippen LogP contribution is -2.33. The van der Waals surface area contributed by atoms with Gasteiger partial charge in [0.2, 0.25) is 0 Å². The smallest absolute Gasteiger partial charge is 0.252 e. The van der Waals surface area contributed by atoms with Gasteiger partial charge < -0.3 is 5.32 Å². The number of amides is 1. The van der Waals surface area contributed by atoms with Gasteiger partial charge in [-0.15, -0.1) is 0 Å². The van der Waals surface area contributed by atoms with E-state index in [1.165, 1.54) is 0 Å². The molecule has 0 saturated carbocycles. The third-order valence-corrected chi connectivity index (χ3v) is 3.91. The molecule has 5 heteroatoms. The normalized spacial score (nSPS) is 12.3. The minimum absolute atomic E-state index is 0.0682. The van der Waals surface area contributed by atoms with E-state index in [2.05, 4.69) is 53.1 Å². The lowest BCUT2D eigenvalue weighted by molar-refractivity contribution is 0.0943. The number of hydrogen-bond donors (Lipinski definition) is 1. The van der Waals surface area contributed by atoms with Crippen molar-refractivity contribution in [2.24, 2.45) is 0 Å². The highest BCUT2D eigenvalue weighted by Gasteiger charge is 2.11. The van der Waals surface area contributed by atoms with Crippen LogP contribution in [0.5, 0.6) is 0 Å². The summed E-state index contributed by atoms with van der Waals surface area (Å²) < 4.78 is 1.73. The first-order valence-corrected chi connectivity index (χ1v) is 7.07. The summed E-state index contributed by atoms with van der Waals surface area (Å²) in [6, 6.07) is 5.60. The summed E-state index contributed by atoms with van der Waals surface area (Å²) in [5, 5.41) is 3.62. The third kappa shape index (κ3) is 3.89. The summed E-state index contributed by atoms with van der Waals surface area (Å²) in [6.45, 7) is 1.94. The van der Waals surface area contributed by atoms with E-state index in [0.717, 1.165) is 14.3 Å². The fraction of sp³-hybridized carbons (Fsp3) is 0.300. The molecule has 0 spiro atoms. The zero-order chi connectivity index (χ0) is 11.4. The number of rotatable bonds is 3. The van der Waals surface area contributed by atoms with E-state index in [4.69, 9.17) is 0 Å². The molecule has 0 aliphatic carbocycles.